The number of H-pyrrole nitrogens is 1. The van der Waals surface area contributed by atoms with E-state index in [0.717, 1.165) is 70.6 Å². The summed E-state index contributed by atoms with van der Waals surface area (Å²) in [5.41, 5.74) is 5.24. The summed E-state index contributed by atoms with van der Waals surface area (Å²) in [7, 11) is -5.20. The molecule has 1 saturated carbocycles. The van der Waals surface area contributed by atoms with Crippen molar-refractivity contribution in [3.05, 3.63) is 70.1 Å². The Kier molecular flexibility index (Phi) is 6.15. The Morgan fingerprint density at radius 1 is 1.13 bits per heavy atom. The molecular weight excluding hydrogens is 517 g/mol. The fourth-order valence-electron chi connectivity index (χ4n) is 5.96. The van der Waals surface area contributed by atoms with Gasteiger partial charge in [0.1, 0.15) is 5.65 Å². The highest BCUT2D eigenvalue weighted by Crippen LogP contribution is 2.38. The first-order chi connectivity index (χ1) is 18.8. The van der Waals surface area contributed by atoms with E-state index < -0.39 is 10.5 Å². The van der Waals surface area contributed by atoms with Crippen LogP contribution in [0, 0.1) is 12.3 Å². The molecule has 9 heteroatoms. The van der Waals surface area contributed by atoms with Crippen molar-refractivity contribution in [1.29, 1.82) is 0 Å². The fourth-order valence-corrected chi connectivity index (χ4v) is 6.28. The van der Waals surface area contributed by atoms with Gasteiger partial charge in [-0.05, 0) is 60.7 Å². The normalized spacial score (nSPS) is 14.7. The molecule has 1 fully saturated rings. The summed E-state index contributed by atoms with van der Waals surface area (Å²) in [5.74, 6) is 2.44. The minimum Gasteiger partial charge on any atom is -0.357 e. The van der Waals surface area contributed by atoms with Gasteiger partial charge in [-0.15, -0.1) is 6.42 Å². The second-order valence-corrected chi connectivity index (χ2v) is 11.0. The van der Waals surface area contributed by atoms with Crippen molar-refractivity contribution in [3.8, 4) is 29.2 Å². The van der Waals surface area contributed by atoms with Gasteiger partial charge in [0, 0.05) is 39.7 Å². The first-order valence-corrected chi connectivity index (χ1v) is 14.3. The van der Waals surface area contributed by atoms with Gasteiger partial charge in [0.2, 0.25) is 0 Å². The zero-order chi connectivity index (χ0) is 27.3. The van der Waals surface area contributed by atoms with Gasteiger partial charge in [0.15, 0.2) is 11.2 Å². The number of benzene rings is 2. The van der Waals surface area contributed by atoms with Crippen molar-refractivity contribution in [2.75, 3.05) is 0 Å². The molecule has 1 aliphatic rings. The highest BCUT2D eigenvalue weighted by molar-refractivity contribution is 7.81. The number of fused-ring (bicyclic) bond motifs is 4. The van der Waals surface area contributed by atoms with E-state index in [1.54, 1.807) is 6.20 Å². The number of aromatic amines is 1. The van der Waals surface area contributed by atoms with E-state index in [1.807, 2.05) is 37.3 Å². The van der Waals surface area contributed by atoms with E-state index in [2.05, 4.69) is 24.6 Å². The molecule has 0 bridgehead atoms. The molecule has 5 aromatic rings. The van der Waals surface area contributed by atoms with Crippen LogP contribution in [0.15, 0.2) is 53.6 Å². The number of rotatable bonds is 5. The van der Waals surface area contributed by atoms with Gasteiger partial charge in [0.25, 0.3) is 0 Å². The van der Waals surface area contributed by atoms with Gasteiger partial charge in [0.05, 0.1) is 17.1 Å². The van der Waals surface area contributed by atoms with E-state index in [9.17, 15) is 17.1 Å². The van der Waals surface area contributed by atoms with Crippen LogP contribution in [0.2, 0.25) is 0 Å². The van der Waals surface area contributed by atoms with Crippen LogP contribution >= 0.6 is 0 Å². The molecule has 0 amide bonds. The van der Waals surface area contributed by atoms with Crippen molar-refractivity contribution in [2.45, 2.75) is 51.5 Å². The molecule has 7 nitrogen and oxygen atoms in total. The maximum absolute atomic E-state index is 14.1. The lowest BCUT2D eigenvalue weighted by Gasteiger charge is -2.27. The maximum atomic E-state index is 14.1. The molecule has 3 heterocycles. The quantitative estimate of drug-likeness (QED) is 0.206. The average molecular weight is 544 g/mol. The molecule has 0 aliphatic heterocycles. The Labute approximate surface area is 225 Å². The number of pyridine rings is 2. The summed E-state index contributed by atoms with van der Waals surface area (Å²) in [4.78, 5) is 21.6. The van der Waals surface area contributed by atoms with Gasteiger partial charge in [-0.25, -0.2) is 0 Å². The van der Waals surface area contributed by atoms with Gasteiger partial charge in [-0.1, -0.05) is 42.1 Å². The topological polar surface area (TPSA) is 94.1 Å². The Morgan fingerprint density at radius 2 is 1.92 bits per heavy atom. The lowest BCUT2D eigenvalue weighted by atomic mass is 9.92. The molecule has 1 N–H and O–H groups in total. The second kappa shape index (κ2) is 9.54. The Bertz CT molecular complexity index is 1980. The number of hydrogen-bond acceptors (Lipinski definition) is 5. The third-order valence-corrected chi connectivity index (χ3v) is 8.07. The lowest BCUT2D eigenvalue weighted by Crippen LogP contribution is -2.18. The van der Waals surface area contributed by atoms with E-state index >= 15 is 0 Å². The van der Waals surface area contributed by atoms with Crippen LogP contribution in [0.25, 0.3) is 44.0 Å². The monoisotopic (exact) mass is 543 g/mol. The SMILES string of the molecule is C#Cc1ccc2c(c1)[nH]c1c2c(=O)c2cc(CC)c(-c3cncc(OS(=O)(=O)F)c3)cc2n1C1CCCCC1. The lowest BCUT2D eigenvalue weighted by molar-refractivity contribution is 0.365. The molecule has 3 aromatic heterocycles. The summed E-state index contributed by atoms with van der Waals surface area (Å²) >= 11 is 0. The largest absolute Gasteiger partial charge is 0.488 e. The molecule has 1 aliphatic carbocycles. The highest BCUT2D eigenvalue weighted by atomic mass is 32.3. The number of aryl methyl sites for hydroxylation is 1. The van der Waals surface area contributed by atoms with E-state index in [-0.39, 0.29) is 17.2 Å². The number of aromatic nitrogens is 3. The second-order valence-electron chi connectivity index (χ2n) is 10.0. The molecule has 0 radical (unpaired) electrons. The smallest absolute Gasteiger partial charge is 0.357 e. The van der Waals surface area contributed by atoms with Crippen molar-refractivity contribution < 1.29 is 16.5 Å². The maximum Gasteiger partial charge on any atom is 0.488 e. The van der Waals surface area contributed by atoms with Crippen molar-refractivity contribution >= 4 is 43.3 Å². The summed E-state index contributed by atoms with van der Waals surface area (Å²) in [6.45, 7) is 1.98. The molecular formula is C30H26FN3O4S. The molecule has 2 aromatic carbocycles. The molecule has 0 atom stereocenters. The van der Waals surface area contributed by atoms with Gasteiger partial charge in [-0.3, -0.25) is 9.78 Å². The first-order valence-electron chi connectivity index (χ1n) is 13.0. The van der Waals surface area contributed by atoms with Crippen LogP contribution < -0.4 is 9.61 Å². The number of hydrogen-bond donors (Lipinski definition) is 1. The predicted molar refractivity (Wildman–Crippen MR) is 151 cm³/mol. The zero-order valence-electron chi connectivity index (χ0n) is 21.3. The third kappa shape index (κ3) is 4.45. The molecule has 6 rings (SSSR count). The number of halogens is 1. The predicted octanol–water partition coefficient (Wildman–Crippen LogP) is 6.34. The van der Waals surface area contributed by atoms with Crippen LogP contribution in [0.3, 0.4) is 0 Å². The minimum absolute atomic E-state index is 0.0632. The standard InChI is InChI=1S/C30H26FN3O4S/c1-3-18-10-11-23-26(12-18)33-30-28(23)29(35)25-14-19(4-2)24(15-27(25)34(30)21-8-6-5-7-9-21)20-13-22(17-32-16-20)38-39(31,36)37/h1,10-17,21,33H,4-9H2,2H3. The average Bonchev–Trinajstić information content (AvgIpc) is 3.31. The molecule has 0 saturated heterocycles. The Balaban J connectivity index is 1.69. The van der Waals surface area contributed by atoms with Crippen molar-refractivity contribution in [3.63, 3.8) is 0 Å². The molecule has 198 valence electrons. The van der Waals surface area contributed by atoms with Crippen LogP contribution in [0.4, 0.5) is 3.89 Å². The highest BCUT2D eigenvalue weighted by Gasteiger charge is 2.24. The Morgan fingerprint density at radius 3 is 2.64 bits per heavy atom. The van der Waals surface area contributed by atoms with Crippen LogP contribution in [0.1, 0.15) is 56.2 Å². The fraction of sp³-hybridized carbons (Fsp3) is 0.267. The van der Waals surface area contributed by atoms with Crippen molar-refractivity contribution in [1.82, 2.24) is 14.5 Å². The third-order valence-electron chi connectivity index (χ3n) is 7.68. The summed E-state index contributed by atoms with van der Waals surface area (Å²) in [5, 5.41) is 2.10. The molecule has 39 heavy (non-hydrogen) atoms. The summed E-state index contributed by atoms with van der Waals surface area (Å²) < 4.78 is 42.1. The molecule has 0 spiro atoms. The first kappa shape index (κ1) is 25.1. The Hall–Kier alpha value is -4.16. The summed E-state index contributed by atoms with van der Waals surface area (Å²) in [6, 6.07) is 11.2. The number of nitrogens with zero attached hydrogens (tertiary/aromatic N) is 2. The number of terminal acetylenes is 1. The summed E-state index contributed by atoms with van der Waals surface area (Å²) in [6.07, 6.45) is 14.3. The zero-order valence-corrected chi connectivity index (χ0v) is 22.1. The van der Waals surface area contributed by atoms with Crippen LogP contribution in [-0.2, 0) is 16.9 Å². The molecule has 0 unspecified atom stereocenters. The van der Waals surface area contributed by atoms with E-state index in [0.29, 0.717) is 22.8 Å². The van der Waals surface area contributed by atoms with Gasteiger partial charge < -0.3 is 13.7 Å². The van der Waals surface area contributed by atoms with E-state index in [1.165, 1.54) is 12.5 Å². The number of nitrogens with one attached hydrogen (secondary N) is 1. The van der Waals surface area contributed by atoms with Gasteiger partial charge in [-0.2, -0.15) is 8.42 Å². The van der Waals surface area contributed by atoms with Crippen molar-refractivity contribution in [2.24, 2.45) is 0 Å². The van der Waals surface area contributed by atoms with Crippen LogP contribution in [-0.4, -0.2) is 23.0 Å². The van der Waals surface area contributed by atoms with Gasteiger partial charge >= 0.3 is 10.5 Å². The van der Waals surface area contributed by atoms with E-state index in [4.69, 9.17) is 6.42 Å². The van der Waals surface area contributed by atoms with Crippen LogP contribution in [0.5, 0.6) is 5.75 Å². The minimum atomic E-state index is -5.20.